The number of methoxy groups -OCH3 is 2. The average Bonchev–Trinajstić information content (AvgIpc) is 2.89. The summed E-state index contributed by atoms with van der Waals surface area (Å²) in [5.74, 6) is 0.696. The second-order valence-electron chi connectivity index (χ2n) is 8.21. The molecular weight excluding hydrogens is 472 g/mol. The number of pyridine rings is 2. The Hall–Kier alpha value is -4.72. The van der Waals surface area contributed by atoms with Gasteiger partial charge in [-0.3, -0.25) is 9.59 Å². The molecule has 0 saturated carbocycles. The van der Waals surface area contributed by atoms with E-state index in [-0.39, 0.29) is 11.8 Å². The van der Waals surface area contributed by atoms with Crippen molar-refractivity contribution in [2.75, 3.05) is 14.2 Å². The molecule has 0 bridgehead atoms. The maximum atomic E-state index is 11.8. The highest BCUT2D eigenvalue weighted by molar-refractivity contribution is 5.80. The highest BCUT2D eigenvalue weighted by Gasteiger charge is 2.18. The van der Waals surface area contributed by atoms with Crippen molar-refractivity contribution in [2.45, 2.75) is 20.8 Å². The molecular formula is C29H26N2O6. The summed E-state index contributed by atoms with van der Waals surface area (Å²) in [6.45, 7) is 4.54. The summed E-state index contributed by atoms with van der Waals surface area (Å²) in [7, 11) is 3.20. The van der Waals surface area contributed by atoms with E-state index in [9.17, 15) is 9.59 Å². The molecule has 0 aliphatic carbocycles. The van der Waals surface area contributed by atoms with Crippen molar-refractivity contribution in [2.24, 2.45) is 0 Å². The Bertz CT molecular complexity index is 1450. The van der Waals surface area contributed by atoms with Crippen molar-refractivity contribution in [3.05, 3.63) is 72.3 Å². The minimum Gasteiger partial charge on any atom is -0.497 e. The number of benzene rings is 2. The Kier molecular flexibility index (Phi) is 7.48. The standard InChI is InChI=1S/C29H26N2O6/c1-17-25(21-8-12-24(35-5)13-9-21)16-28(37-19(3)33)31-29(17)26-14-22(15-27(30-26)36-18(2)32)20-6-10-23(34-4)11-7-20/h6-16H,1-5H3. The molecule has 0 fully saturated rings. The summed E-state index contributed by atoms with van der Waals surface area (Å²) < 4.78 is 21.3. The summed E-state index contributed by atoms with van der Waals surface area (Å²) in [4.78, 5) is 32.7. The fourth-order valence-electron chi connectivity index (χ4n) is 3.88. The van der Waals surface area contributed by atoms with Gasteiger partial charge >= 0.3 is 11.9 Å². The molecule has 2 aromatic carbocycles. The van der Waals surface area contributed by atoms with Gasteiger partial charge in [0.15, 0.2) is 0 Å². The van der Waals surface area contributed by atoms with Gasteiger partial charge in [0.25, 0.3) is 0 Å². The molecule has 2 heterocycles. The van der Waals surface area contributed by atoms with Crippen molar-refractivity contribution < 1.29 is 28.5 Å². The molecule has 2 aromatic heterocycles. The first kappa shape index (κ1) is 25.4. The number of rotatable bonds is 7. The summed E-state index contributed by atoms with van der Waals surface area (Å²) in [6, 6.07) is 20.2. The Morgan fingerprint density at radius 3 is 1.68 bits per heavy atom. The first-order chi connectivity index (χ1) is 17.8. The lowest BCUT2D eigenvalue weighted by Gasteiger charge is -2.15. The normalized spacial score (nSPS) is 10.5. The van der Waals surface area contributed by atoms with Crippen molar-refractivity contribution in [1.82, 2.24) is 9.97 Å². The third-order valence-corrected chi connectivity index (χ3v) is 5.61. The molecule has 8 nitrogen and oxygen atoms in total. The summed E-state index contributed by atoms with van der Waals surface area (Å²) in [5.41, 5.74) is 5.03. The molecule has 0 saturated heterocycles. The summed E-state index contributed by atoms with van der Waals surface area (Å²) in [6.07, 6.45) is 0. The molecule has 0 spiro atoms. The highest BCUT2D eigenvalue weighted by Crippen LogP contribution is 2.36. The van der Waals surface area contributed by atoms with Crippen molar-refractivity contribution in [1.29, 1.82) is 0 Å². The molecule has 188 valence electrons. The van der Waals surface area contributed by atoms with Crippen LogP contribution >= 0.6 is 0 Å². The fourth-order valence-corrected chi connectivity index (χ4v) is 3.88. The lowest BCUT2D eigenvalue weighted by molar-refractivity contribution is -0.133. The van der Waals surface area contributed by atoms with Crippen LogP contribution in [0.5, 0.6) is 23.3 Å². The van der Waals surface area contributed by atoms with E-state index in [2.05, 4.69) is 9.97 Å². The van der Waals surface area contributed by atoms with Crippen LogP contribution in [0.3, 0.4) is 0 Å². The van der Waals surface area contributed by atoms with Crippen LogP contribution in [0.1, 0.15) is 19.4 Å². The van der Waals surface area contributed by atoms with E-state index in [0.29, 0.717) is 17.1 Å². The minimum atomic E-state index is -0.498. The average molecular weight is 499 g/mol. The lowest BCUT2D eigenvalue weighted by Crippen LogP contribution is -2.07. The fraction of sp³-hybridized carbons (Fsp3) is 0.172. The number of aromatic nitrogens is 2. The second-order valence-corrected chi connectivity index (χ2v) is 8.21. The Labute approximate surface area is 214 Å². The molecule has 37 heavy (non-hydrogen) atoms. The van der Waals surface area contributed by atoms with E-state index in [0.717, 1.165) is 33.6 Å². The van der Waals surface area contributed by atoms with E-state index < -0.39 is 11.9 Å². The van der Waals surface area contributed by atoms with Crippen LogP contribution in [0.4, 0.5) is 0 Å². The van der Waals surface area contributed by atoms with Gasteiger partial charge in [0.05, 0.1) is 25.6 Å². The van der Waals surface area contributed by atoms with E-state index in [1.165, 1.54) is 13.8 Å². The number of nitrogens with zero attached hydrogens (tertiary/aromatic N) is 2. The van der Waals surface area contributed by atoms with E-state index in [1.807, 2.05) is 61.5 Å². The molecule has 0 aliphatic rings. The first-order valence-corrected chi connectivity index (χ1v) is 11.5. The van der Waals surface area contributed by atoms with Gasteiger partial charge in [-0.2, -0.15) is 0 Å². The third kappa shape index (κ3) is 5.92. The number of esters is 2. The molecule has 4 rings (SSSR count). The van der Waals surface area contributed by atoms with Crippen LogP contribution in [0.15, 0.2) is 66.7 Å². The van der Waals surface area contributed by atoms with Gasteiger partial charge in [0.2, 0.25) is 11.8 Å². The van der Waals surface area contributed by atoms with Crippen LogP contribution in [0, 0.1) is 6.92 Å². The van der Waals surface area contributed by atoms with Gasteiger partial charge in [-0.1, -0.05) is 24.3 Å². The Morgan fingerprint density at radius 2 is 1.16 bits per heavy atom. The zero-order valence-corrected chi connectivity index (χ0v) is 21.2. The van der Waals surface area contributed by atoms with Crippen LogP contribution in [-0.2, 0) is 9.59 Å². The third-order valence-electron chi connectivity index (χ3n) is 5.61. The number of ether oxygens (including phenoxy) is 4. The van der Waals surface area contributed by atoms with Gasteiger partial charge < -0.3 is 18.9 Å². The maximum Gasteiger partial charge on any atom is 0.309 e. The zero-order valence-electron chi connectivity index (χ0n) is 21.2. The topological polar surface area (TPSA) is 96.8 Å². The smallest absolute Gasteiger partial charge is 0.309 e. The predicted octanol–water partition coefficient (Wildman–Crippen LogP) is 5.65. The predicted molar refractivity (Wildman–Crippen MR) is 139 cm³/mol. The molecule has 0 aliphatic heterocycles. The summed E-state index contributed by atoms with van der Waals surface area (Å²) in [5, 5.41) is 0. The van der Waals surface area contributed by atoms with Crippen molar-refractivity contribution in [3.8, 4) is 56.9 Å². The van der Waals surface area contributed by atoms with Gasteiger partial charge in [-0.25, -0.2) is 9.97 Å². The number of hydrogen-bond donors (Lipinski definition) is 0. The molecule has 0 amide bonds. The van der Waals surface area contributed by atoms with Crippen LogP contribution < -0.4 is 18.9 Å². The van der Waals surface area contributed by atoms with Crippen LogP contribution in [0.2, 0.25) is 0 Å². The quantitative estimate of drug-likeness (QED) is 0.302. The van der Waals surface area contributed by atoms with Gasteiger partial charge in [-0.05, 0) is 65.1 Å². The Balaban J connectivity index is 1.92. The zero-order chi connectivity index (χ0) is 26.5. The monoisotopic (exact) mass is 498 g/mol. The lowest BCUT2D eigenvalue weighted by atomic mass is 9.97. The van der Waals surface area contributed by atoms with Crippen molar-refractivity contribution in [3.63, 3.8) is 0 Å². The highest BCUT2D eigenvalue weighted by atomic mass is 16.5. The molecule has 8 heteroatoms. The summed E-state index contributed by atoms with van der Waals surface area (Å²) >= 11 is 0. The Morgan fingerprint density at radius 1 is 0.649 bits per heavy atom. The molecule has 0 radical (unpaired) electrons. The minimum absolute atomic E-state index is 0.126. The largest absolute Gasteiger partial charge is 0.497 e. The van der Waals surface area contributed by atoms with Crippen LogP contribution in [0.25, 0.3) is 33.6 Å². The van der Waals surface area contributed by atoms with E-state index >= 15 is 0 Å². The van der Waals surface area contributed by atoms with Gasteiger partial charge in [0.1, 0.15) is 11.5 Å². The number of hydrogen-bond acceptors (Lipinski definition) is 8. The van der Waals surface area contributed by atoms with E-state index in [1.54, 1.807) is 26.4 Å². The van der Waals surface area contributed by atoms with Gasteiger partial charge in [-0.15, -0.1) is 0 Å². The molecule has 0 unspecified atom stereocenters. The second kappa shape index (κ2) is 10.9. The molecule has 0 N–H and O–H groups in total. The number of carbonyl (C=O) groups excluding carboxylic acids is 2. The van der Waals surface area contributed by atoms with E-state index in [4.69, 9.17) is 18.9 Å². The number of carbonyl (C=O) groups is 2. The van der Waals surface area contributed by atoms with Crippen LogP contribution in [-0.4, -0.2) is 36.1 Å². The first-order valence-electron chi connectivity index (χ1n) is 11.5. The maximum absolute atomic E-state index is 11.8. The molecule has 4 aromatic rings. The van der Waals surface area contributed by atoms with Crippen molar-refractivity contribution >= 4 is 11.9 Å². The SMILES string of the molecule is COc1ccc(-c2cc(OC(C)=O)nc(-c3nc(OC(C)=O)cc(-c4ccc(OC)cc4)c3C)c2)cc1. The van der Waals surface area contributed by atoms with Gasteiger partial charge in [0, 0.05) is 26.0 Å². The molecule has 0 atom stereocenters.